The summed E-state index contributed by atoms with van der Waals surface area (Å²) in [6.45, 7) is 1.15. The first kappa shape index (κ1) is 17.1. The molecule has 2 N–H and O–H groups in total. The van der Waals surface area contributed by atoms with Gasteiger partial charge >= 0.3 is 5.97 Å². The maximum Gasteiger partial charge on any atom is 0.338 e. The molecule has 24 heavy (non-hydrogen) atoms. The lowest BCUT2D eigenvalue weighted by Crippen LogP contribution is -2.12. The van der Waals surface area contributed by atoms with Crippen LogP contribution in [0.25, 0.3) is 0 Å². The van der Waals surface area contributed by atoms with Crippen LogP contribution < -0.4 is 5.73 Å². The van der Waals surface area contributed by atoms with Crippen molar-refractivity contribution in [3.63, 3.8) is 0 Å². The fourth-order valence-corrected chi connectivity index (χ4v) is 1.96. The number of nitro benzene ring substituents is 1. The van der Waals surface area contributed by atoms with Crippen LogP contribution >= 0.6 is 0 Å². The fraction of sp³-hybridized carbons (Fsp3) is 0.125. The molecule has 0 saturated heterocycles. The quantitative estimate of drug-likeness (QED) is 0.513. The van der Waals surface area contributed by atoms with Gasteiger partial charge in [0.15, 0.2) is 0 Å². The number of ether oxygens (including phenoxy) is 1. The van der Waals surface area contributed by atoms with E-state index in [1.807, 2.05) is 0 Å². The van der Waals surface area contributed by atoms with Gasteiger partial charge in [-0.1, -0.05) is 6.07 Å². The molecule has 0 unspecified atom stereocenters. The van der Waals surface area contributed by atoms with Crippen LogP contribution in [0.5, 0.6) is 0 Å². The van der Waals surface area contributed by atoms with Crippen LogP contribution in [-0.2, 0) is 11.3 Å². The molecule has 7 nitrogen and oxygen atoms in total. The third-order valence-corrected chi connectivity index (χ3v) is 3.33. The number of nitrogens with zero attached hydrogens (tertiary/aromatic N) is 1. The molecular weight excluding hydrogens is 319 g/mol. The van der Waals surface area contributed by atoms with E-state index in [1.165, 1.54) is 24.3 Å². The SMILES string of the molecule is Cc1ccc(C(=O)OCc2ccc(C(N)=O)cc2[N+](=O)[O-])cc1F. The number of nitrogens with two attached hydrogens (primary N) is 1. The molecule has 0 aromatic heterocycles. The molecule has 0 bridgehead atoms. The van der Waals surface area contributed by atoms with E-state index in [0.717, 1.165) is 12.1 Å². The Hall–Kier alpha value is -3.29. The minimum absolute atomic E-state index is 0.00508. The Morgan fingerprint density at radius 1 is 1.21 bits per heavy atom. The Bertz CT molecular complexity index is 835. The van der Waals surface area contributed by atoms with Crippen molar-refractivity contribution < 1.29 is 23.6 Å². The van der Waals surface area contributed by atoms with Gasteiger partial charge in [-0.05, 0) is 36.8 Å². The van der Waals surface area contributed by atoms with Gasteiger partial charge in [0.05, 0.1) is 16.1 Å². The van der Waals surface area contributed by atoms with Crippen LogP contribution in [0.4, 0.5) is 10.1 Å². The van der Waals surface area contributed by atoms with E-state index >= 15 is 0 Å². The summed E-state index contributed by atoms with van der Waals surface area (Å²) in [6.07, 6.45) is 0. The van der Waals surface area contributed by atoms with Gasteiger partial charge < -0.3 is 10.5 Å². The molecule has 0 atom stereocenters. The lowest BCUT2D eigenvalue weighted by molar-refractivity contribution is -0.385. The lowest BCUT2D eigenvalue weighted by atomic mass is 10.1. The Morgan fingerprint density at radius 3 is 2.46 bits per heavy atom. The molecule has 0 fully saturated rings. The second-order valence-electron chi connectivity index (χ2n) is 5.00. The number of rotatable bonds is 5. The third-order valence-electron chi connectivity index (χ3n) is 3.33. The molecule has 0 heterocycles. The van der Waals surface area contributed by atoms with Gasteiger partial charge in [0.25, 0.3) is 5.69 Å². The van der Waals surface area contributed by atoms with Crippen molar-refractivity contribution in [1.82, 2.24) is 0 Å². The topological polar surface area (TPSA) is 113 Å². The summed E-state index contributed by atoms with van der Waals surface area (Å²) in [5.74, 6) is -2.18. The molecule has 2 rings (SSSR count). The Labute approximate surface area is 136 Å². The summed E-state index contributed by atoms with van der Waals surface area (Å²) < 4.78 is 18.4. The molecule has 8 heteroatoms. The normalized spacial score (nSPS) is 10.2. The molecular formula is C16H13FN2O5. The number of halogens is 1. The van der Waals surface area contributed by atoms with Gasteiger partial charge in [-0.15, -0.1) is 0 Å². The minimum Gasteiger partial charge on any atom is -0.457 e. The molecule has 2 aromatic carbocycles. The van der Waals surface area contributed by atoms with Crippen molar-refractivity contribution in [1.29, 1.82) is 0 Å². The second-order valence-corrected chi connectivity index (χ2v) is 5.00. The molecule has 0 radical (unpaired) electrons. The van der Waals surface area contributed by atoms with Crippen LogP contribution in [0, 0.1) is 22.9 Å². The third kappa shape index (κ3) is 3.72. The second kappa shape index (κ2) is 6.86. The molecule has 0 spiro atoms. The predicted octanol–water partition coefficient (Wildman–Crippen LogP) is 2.50. The zero-order chi connectivity index (χ0) is 17.9. The number of hydrogen-bond donors (Lipinski definition) is 1. The van der Waals surface area contributed by atoms with Gasteiger partial charge in [0, 0.05) is 11.6 Å². The van der Waals surface area contributed by atoms with Crippen molar-refractivity contribution >= 4 is 17.6 Å². The van der Waals surface area contributed by atoms with Crippen LogP contribution in [-0.4, -0.2) is 16.8 Å². The molecule has 0 aliphatic carbocycles. The first-order valence-corrected chi connectivity index (χ1v) is 6.80. The number of aryl methyl sites for hydroxylation is 1. The van der Waals surface area contributed by atoms with E-state index in [4.69, 9.17) is 10.5 Å². The minimum atomic E-state index is -0.817. The summed E-state index contributed by atoms with van der Waals surface area (Å²) in [4.78, 5) is 33.3. The zero-order valence-electron chi connectivity index (χ0n) is 12.6. The van der Waals surface area contributed by atoms with Crippen molar-refractivity contribution in [2.75, 3.05) is 0 Å². The number of amides is 1. The number of carbonyl (C=O) groups is 2. The van der Waals surface area contributed by atoms with E-state index < -0.39 is 34.9 Å². The van der Waals surface area contributed by atoms with Crippen LogP contribution in [0.2, 0.25) is 0 Å². The first-order chi connectivity index (χ1) is 11.3. The Morgan fingerprint density at radius 2 is 1.88 bits per heavy atom. The summed E-state index contributed by atoms with van der Waals surface area (Å²) >= 11 is 0. The number of nitro groups is 1. The molecule has 124 valence electrons. The van der Waals surface area contributed by atoms with Crippen molar-refractivity contribution in [2.45, 2.75) is 13.5 Å². The zero-order valence-corrected chi connectivity index (χ0v) is 12.6. The number of carbonyl (C=O) groups excluding carboxylic acids is 2. The smallest absolute Gasteiger partial charge is 0.338 e. The average molecular weight is 332 g/mol. The predicted molar refractivity (Wildman–Crippen MR) is 81.9 cm³/mol. The van der Waals surface area contributed by atoms with E-state index in [1.54, 1.807) is 6.92 Å². The number of hydrogen-bond acceptors (Lipinski definition) is 5. The largest absolute Gasteiger partial charge is 0.457 e. The highest BCUT2D eigenvalue weighted by atomic mass is 19.1. The number of primary amides is 1. The highest BCUT2D eigenvalue weighted by molar-refractivity contribution is 5.93. The van der Waals surface area contributed by atoms with Gasteiger partial charge in [0.1, 0.15) is 12.4 Å². The number of benzene rings is 2. The monoisotopic (exact) mass is 332 g/mol. The van der Waals surface area contributed by atoms with Crippen LogP contribution in [0.3, 0.4) is 0 Å². The molecule has 0 aliphatic heterocycles. The molecule has 0 saturated carbocycles. The Kier molecular flexibility index (Phi) is 4.88. The maximum atomic E-state index is 13.5. The van der Waals surface area contributed by atoms with Crippen molar-refractivity contribution in [3.05, 3.63) is 74.6 Å². The van der Waals surface area contributed by atoms with Crippen LogP contribution in [0.15, 0.2) is 36.4 Å². The molecule has 1 amide bonds. The van der Waals surface area contributed by atoms with Gasteiger partial charge in [-0.25, -0.2) is 9.18 Å². The Balaban J connectivity index is 2.19. The van der Waals surface area contributed by atoms with Crippen LogP contribution in [0.1, 0.15) is 31.8 Å². The first-order valence-electron chi connectivity index (χ1n) is 6.80. The van der Waals surface area contributed by atoms with E-state index in [0.29, 0.717) is 5.56 Å². The van der Waals surface area contributed by atoms with Crippen molar-refractivity contribution in [2.24, 2.45) is 5.73 Å². The van der Waals surface area contributed by atoms with E-state index in [-0.39, 0.29) is 16.7 Å². The summed E-state index contributed by atoms with van der Waals surface area (Å²) in [7, 11) is 0. The van der Waals surface area contributed by atoms with Gasteiger partial charge in [-0.2, -0.15) is 0 Å². The maximum absolute atomic E-state index is 13.5. The van der Waals surface area contributed by atoms with Crippen molar-refractivity contribution in [3.8, 4) is 0 Å². The van der Waals surface area contributed by atoms with Gasteiger partial charge in [-0.3, -0.25) is 14.9 Å². The highest BCUT2D eigenvalue weighted by Gasteiger charge is 2.18. The highest BCUT2D eigenvalue weighted by Crippen LogP contribution is 2.22. The average Bonchev–Trinajstić information content (AvgIpc) is 2.54. The molecule has 2 aromatic rings. The standard InChI is InChI=1S/C16H13FN2O5/c1-9-2-3-11(6-13(9)17)16(21)24-8-12-5-4-10(15(18)20)7-14(12)19(22)23/h2-7H,8H2,1H3,(H2,18,20). The summed E-state index contributed by atoms with van der Waals surface area (Å²) in [6, 6.07) is 7.44. The van der Waals surface area contributed by atoms with E-state index in [2.05, 4.69) is 0 Å². The number of esters is 1. The van der Waals surface area contributed by atoms with Gasteiger partial charge in [0.2, 0.25) is 5.91 Å². The van der Waals surface area contributed by atoms with E-state index in [9.17, 15) is 24.1 Å². The fourth-order valence-electron chi connectivity index (χ4n) is 1.96. The lowest BCUT2D eigenvalue weighted by Gasteiger charge is -2.07. The summed E-state index contributed by atoms with van der Waals surface area (Å²) in [5, 5.41) is 11.1. The molecule has 0 aliphatic rings. The summed E-state index contributed by atoms with van der Waals surface area (Å²) in [5.41, 5.74) is 5.11.